The third-order valence-corrected chi connectivity index (χ3v) is 4.15. The van der Waals surface area contributed by atoms with Gasteiger partial charge in [0.1, 0.15) is 12.3 Å². The molecule has 1 fully saturated rings. The lowest BCUT2D eigenvalue weighted by molar-refractivity contribution is -0.122. The largest absolute Gasteiger partial charge is 0.495 e. The molecule has 122 valence electrons. The molecule has 0 spiro atoms. The molecule has 3 rings (SSSR count). The fraction of sp³-hybridized carbons (Fsp3) is 0.412. The number of nitrogens with zero attached hydrogens (tertiary/aromatic N) is 3. The van der Waals surface area contributed by atoms with Gasteiger partial charge in [-0.25, -0.2) is 0 Å². The molecule has 1 N–H and O–H groups in total. The van der Waals surface area contributed by atoms with Gasteiger partial charge in [0.25, 0.3) is 0 Å². The molecule has 1 aliphatic heterocycles. The maximum atomic E-state index is 12.0. The van der Waals surface area contributed by atoms with Crippen molar-refractivity contribution in [3.63, 3.8) is 0 Å². The summed E-state index contributed by atoms with van der Waals surface area (Å²) in [5.74, 6) is 0.915. The first-order valence-corrected chi connectivity index (χ1v) is 7.91. The van der Waals surface area contributed by atoms with Crippen molar-refractivity contribution < 1.29 is 9.53 Å². The highest BCUT2D eigenvalue weighted by atomic mass is 16.5. The zero-order valence-electron chi connectivity index (χ0n) is 13.3. The van der Waals surface area contributed by atoms with Gasteiger partial charge in [-0.05, 0) is 31.0 Å². The van der Waals surface area contributed by atoms with E-state index < -0.39 is 0 Å². The van der Waals surface area contributed by atoms with Crippen molar-refractivity contribution in [2.45, 2.75) is 25.4 Å². The van der Waals surface area contributed by atoms with Gasteiger partial charge in [-0.1, -0.05) is 12.1 Å². The van der Waals surface area contributed by atoms with Crippen molar-refractivity contribution in [3.05, 3.63) is 42.7 Å². The zero-order chi connectivity index (χ0) is 16.1. The second kappa shape index (κ2) is 7.17. The Bertz CT molecular complexity index is 634. The summed E-state index contributed by atoms with van der Waals surface area (Å²) in [6.07, 6.45) is 5.34. The number of hydrogen-bond donors (Lipinski definition) is 1. The van der Waals surface area contributed by atoms with Gasteiger partial charge in [-0.15, -0.1) is 0 Å². The lowest BCUT2D eigenvalue weighted by atomic mass is 10.0. The minimum atomic E-state index is 0.0180. The van der Waals surface area contributed by atoms with Gasteiger partial charge < -0.3 is 15.0 Å². The smallest absolute Gasteiger partial charge is 0.241 e. The summed E-state index contributed by atoms with van der Waals surface area (Å²) in [5, 5.41) is 7.15. The van der Waals surface area contributed by atoms with Gasteiger partial charge in [0.2, 0.25) is 5.91 Å². The summed E-state index contributed by atoms with van der Waals surface area (Å²) < 4.78 is 7.07. The Kier molecular flexibility index (Phi) is 4.80. The number of nitrogens with one attached hydrogen (secondary N) is 1. The van der Waals surface area contributed by atoms with Gasteiger partial charge in [0.15, 0.2) is 0 Å². The quantitative estimate of drug-likeness (QED) is 0.912. The van der Waals surface area contributed by atoms with Crippen LogP contribution in [0.2, 0.25) is 0 Å². The highest BCUT2D eigenvalue weighted by Crippen LogP contribution is 2.29. The molecule has 6 heteroatoms. The second-order valence-corrected chi connectivity index (χ2v) is 5.70. The average Bonchev–Trinajstić information content (AvgIpc) is 3.08. The predicted molar refractivity (Wildman–Crippen MR) is 88.6 cm³/mol. The van der Waals surface area contributed by atoms with Gasteiger partial charge in [0.05, 0.1) is 12.8 Å². The molecule has 1 saturated heterocycles. The van der Waals surface area contributed by atoms with Crippen LogP contribution in [-0.4, -0.2) is 41.9 Å². The topological polar surface area (TPSA) is 59.4 Å². The maximum absolute atomic E-state index is 12.0. The van der Waals surface area contributed by atoms with E-state index in [2.05, 4.69) is 21.4 Å². The summed E-state index contributed by atoms with van der Waals surface area (Å²) in [5.41, 5.74) is 1.12. The van der Waals surface area contributed by atoms with E-state index in [4.69, 9.17) is 4.74 Å². The molecule has 1 aliphatic rings. The first-order chi connectivity index (χ1) is 11.3. The molecule has 0 radical (unpaired) electrons. The number of anilines is 1. The lowest BCUT2D eigenvalue weighted by Crippen LogP contribution is -2.45. The van der Waals surface area contributed by atoms with Gasteiger partial charge in [0, 0.05) is 31.5 Å². The first-order valence-electron chi connectivity index (χ1n) is 7.91. The third kappa shape index (κ3) is 3.83. The van der Waals surface area contributed by atoms with Crippen molar-refractivity contribution in [2.75, 3.05) is 25.1 Å². The Morgan fingerprint density at radius 1 is 1.30 bits per heavy atom. The third-order valence-electron chi connectivity index (χ3n) is 4.15. The number of para-hydroxylation sites is 2. The Hall–Kier alpha value is -2.50. The van der Waals surface area contributed by atoms with E-state index in [1.807, 2.05) is 24.3 Å². The normalized spacial score (nSPS) is 15.4. The highest BCUT2D eigenvalue weighted by Gasteiger charge is 2.22. The van der Waals surface area contributed by atoms with Crippen molar-refractivity contribution in [1.29, 1.82) is 0 Å². The Morgan fingerprint density at radius 2 is 2.09 bits per heavy atom. The predicted octanol–water partition coefficient (Wildman–Crippen LogP) is 1.68. The van der Waals surface area contributed by atoms with Crippen LogP contribution in [0.3, 0.4) is 0 Å². The summed E-state index contributed by atoms with van der Waals surface area (Å²) >= 11 is 0. The summed E-state index contributed by atoms with van der Waals surface area (Å²) in [7, 11) is 1.70. The van der Waals surface area contributed by atoms with E-state index >= 15 is 0 Å². The molecular weight excluding hydrogens is 292 g/mol. The summed E-state index contributed by atoms with van der Waals surface area (Å²) in [4.78, 5) is 14.3. The number of carbonyl (C=O) groups excluding carboxylic acids is 1. The maximum Gasteiger partial charge on any atom is 0.241 e. The minimum absolute atomic E-state index is 0.0180. The molecule has 0 aliphatic carbocycles. The standard InChI is InChI=1S/C17H22N4O2/c1-23-16-6-3-2-5-15(16)20-11-7-14(8-12-20)19-17(22)13-21-10-4-9-18-21/h2-6,9-10,14H,7-8,11-13H2,1H3,(H,19,22). The number of benzene rings is 1. The van der Waals surface area contributed by atoms with Crippen LogP contribution < -0.4 is 15.0 Å². The van der Waals surface area contributed by atoms with Crippen molar-refractivity contribution in [1.82, 2.24) is 15.1 Å². The Morgan fingerprint density at radius 3 is 2.78 bits per heavy atom. The van der Waals surface area contributed by atoms with E-state index in [1.165, 1.54) is 0 Å². The number of piperidine rings is 1. The van der Waals surface area contributed by atoms with Crippen LogP contribution in [0, 0.1) is 0 Å². The van der Waals surface area contributed by atoms with E-state index in [9.17, 15) is 4.79 Å². The van der Waals surface area contributed by atoms with Crippen LogP contribution in [-0.2, 0) is 11.3 Å². The van der Waals surface area contributed by atoms with Crippen LogP contribution >= 0.6 is 0 Å². The number of methoxy groups -OCH3 is 1. The van der Waals surface area contributed by atoms with Crippen LogP contribution in [0.25, 0.3) is 0 Å². The average molecular weight is 314 g/mol. The lowest BCUT2D eigenvalue weighted by Gasteiger charge is -2.34. The summed E-state index contributed by atoms with van der Waals surface area (Å²) in [6, 6.07) is 10.1. The van der Waals surface area contributed by atoms with Crippen LogP contribution in [0.15, 0.2) is 42.7 Å². The SMILES string of the molecule is COc1ccccc1N1CCC(NC(=O)Cn2cccn2)CC1. The molecule has 0 saturated carbocycles. The van der Waals surface area contributed by atoms with E-state index in [0.29, 0.717) is 0 Å². The number of aromatic nitrogens is 2. The number of ether oxygens (including phenoxy) is 1. The Labute approximate surface area is 136 Å². The molecule has 1 amide bonds. The number of carbonyl (C=O) groups is 1. The zero-order valence-corrected chi connectivity index (χ0v) is 13.3. The molecule has 23 heavy (non-hydrogen) atoms. The number of rotatable bonds is 5. The molecule has 0 unspecified atom stereocenters. The first kappa shape index (κ1) is 15.4. The highest BCUT2D eigenvalue weighted by molar-refractivity contribution is 5.76. The summed E-state index contributed by atoms with van der Waals surface area (Å²) in [6.45, 7) is 2.10. The molecular formula is C17H22N4O2. The Balaban J connectivity index is 1.51. The molecule has 0 bridgehead atoms. The minimum Gasteiger partial charge on any atom is -0.495 e. The molecule has 0 atom stereocenters. The van der Waals surface area contributed by atoms with Crippen LogP contribution in [0.1, 0.15) is 12.8 Å². The van der Waals surface area contributed by atoms with Crippen molar-refractivity contribution in [3.8, 4) is 5.75 Å². The second-order valence-electron chi connectivity index (χ2n) is 5.70. The van der Waals surface area contributed by atoms with Crippen LogP contribution in [0.4, 0.5) is 5.69 Å². The van der Waals surface area contributed by atoms with Gasteiger partial charge in [-0.3, -0.25) is 9.48 Å². The van der Waals surface area contributed by atoms with E-state index in [1.54, 1.807) is 24.2 Å². The molecule has 2 aromatic rings. The van der Waals surface area contributed by atoms with Gasteiger partial charge in [-0.2, -0.15) is 5.10 Å². The van der Waals surface area contributed by atoms with Crippen molar-refractivity contribution in [2.24, 2.45) is 0 Å². The number of amides is 1. The monoisotopic (exact) mass is 314 g/mol. The fourth-order valence-corrected chi connectivity index (χ4v) is 2.97. The van der Waals surface area contributed by atoms with E-state index in [0.717, 1.165) is 37.4 Å². The fourth-order valence-electron chi connectivity index (χ4n) is 2.97. The van der Waals surface area contributed by atoms with Gasteiger partial charge >= 0.3 is 0 Å². The van der Waals surface area contributed by atoms with Crippen LogP contribution in [0.5, 0.6) is 5.75 Å². The van der Waals surface area contributed by atoms with E-state index in [-0.39, 0.29) is 18.5 Å². The molecule has 1 aromatic heterocycles. The number of hydrogen-bond acceptors (Lipinski definition) is 4. The van der Waals surface area contributed by atoms with Crippen molar-refractivity contribution >= 4 is 11.6 Å². The molecule has 2 heterocycles. The molecule has 6 nitrogen and oxygen atoms in total. The molecule has 1 aromatic carbocycles.